The second-order valence-corrected chi connectivity index (χ2v) is 6.46. The van der Waals surface area contributed by atoms with Crippen LogP contribution < -0.4 is 0 Å². The number of ether oxygens (including phenoxy) is 3. The minimum Gasteiger partial charge on any atom is -0.465 e. The molecular weight excluding hydrogens is 336 g/mol. The van der Waals surface area contributed by atoms with E-state index in [4.69, 9.17) is 14.2 Å². The maximum atomic E-state index is 12.9. The summed E-state index contributed by atoms with van der Waals surface area (Å²) in [6, 6.07) is 7.01. The predicted molar refractivity (Wildman–Crippen MR) is 95.2 cm³/mol. The lowest BCUT2D eigenvalue weighted by Crippen LogP contribution is -2.43. The van der Waals surface area contributed by atoms with Crippen LogP contribution in [0.3, 0.4) is 0 Å². The SMILES string of the molecule is CCOC(=O)C1(C(=O)OCC)C=C(C(C)(C)OC(C)=O)c2ccccc21. The van der Waals surface area contributed by atoms with E-state index >= 15 is 0 Å². The van der Waals surface area contributed by atoms with E-state index in [1.54, 1.807) is 52.0 Å². The summed E-state index contributed by atoms with van der Waals surface area (Å²) in [6.45, 7) is 8.33. The molecule has 26 heavy (non-hydrogen) atoms. The van der Waals surface area contributed by atoms with Crippen molar-refractivity contribution in [2.24, 2.45) is 0 Å². The summed E-state index contributed by atoms with van der Waals surface area (Å²) < 4.78 is 15.8. The van der Waals surface area contributed by atoms with Gasteiger partial charge in [0.2, 0.25) is 5.41 Å². The summed E-state index contributed by atoms with van der Waals surface area (Å²) in [5, 5.41) is 0. The molecule has 0 radical (unpaired) electrons. The van der Waals surface area contributed by atoms with E-state index in [1.165, 1.54) is 13.0 Å². The Morgan fingerprint density at radius 3 is 2.04 bits per heavy atom. The molecule has 0 spiro atoms. The number of carbonyl (C=O) groups is 3. The van der Waals surface area contributed by atoms with Crippen LogP contribution in [0.4, 0.5) is 0 Å². The van der Waals surface area contributed by atoms with E-state index in [0.29, 0.717) is 16.7 Å². The summed E-state index contributed by atoms with van der Waals surface area (Å²) >= 11 is 0. The summed E-state index contributed by atoms with van der Waals surface area (Å²) in [6.07, 6.45) is 1.51. The molecule has 2 rings (SSSR count). The van der Waals surface area contributed by atoms with E-state index in [9.17, 15) is 14.4 Å². The van der Waals surface area contributed by atoms with Gasteiger partial charge in [-0.1, -0.05) is 24.3 Å². The molecule has 0 aromatic heterocycles. The highest BCUT2D eigenvalue weighted by Crippen LogP contribution is 2.47. The van der Waals surface area contributed by atoms with E-state index in [1.807, 2.05) is 0 Å². The normalized spacial score (nSPS) is 14.9. The van der Waals surface area contributed by atoms with Crippen molar-refractivity contribution in [3.63, 3.8) is 0 Å². The fourth-order valence-electron chi connectivity index (χ4n) is 3.26. The molecule has 1 aromatic carbocycles. The monoisotopic (exact) mass is 360 g/mol. The molecule has 0 saturated carbocycles. The zero-order valence-electron chi connectivity index (χ0n) is 15.8. The number of hydrogen-bond donors (Lipinski definition) is 0. The van der Waals surface area contributed by atoms with Gasteiger partial charge in [0.05, 0.1) is 13.2 Å². The van der Waals surface area contributed by atoms with Crippen LogP contribution in [0, 0.1) is 0 Å². The van der Waals surface area contributed by atoms with Crippen molar-refractivity contribution in [2.75, 3.05) is 13.2 Å². The first-order valence-electron chi connectivity index (χ1n) is 8.58. The van der Waals surface area contributed by atoms with Crippen molar-refractivity contribution in [1.82, 2.24) is 0 Å². The van der Waals surface area contributed by atoms with Gasteiger partial charge in [-0.2, -0.15) is 0 Å². The second-order valence-electron chi connectivity index (χ2n) is 6.46. The number of esters is 3. The molecule has 0 bridgehead atoms. The van der Waals surface area contributed by atoms with Gasteiger partial charge >= 0.3 is 17.9 Å². The van der Waals surface area contributed by atoms with Crippen LogP contribution in [-0.4, -0.2) is 36.7 Å². The number of carbonyl (C=O) groups excluding carboxylic acids is 3. The Balaban J connectivity index is 2.73. The Morgan fingerprint density at radius 2 is 1.54 bits per heavy atom. The van der Waals surface area contributed by atoms with Gasteiger partial charge in [0.25, 0.3) is 0 Å². The Hall–Kier alpha value is -2.63. The molecule has 1 aliphatic carbocycles. The minimum atomic E-state index is -1.71. The van der Waals surface area contributed by atoms with Crippen LogP contribution >= 0.6 is 0 Å². The largest absolute Gasteiger partial charge is 0.465 e. The van der Waals surface area contributed by atoms with Crippen LogP contribution in [0.15, 0.2) is 30.3 Å². The zero-order valence-corrected chi connectivity index (χ0v) is 15.8. The number of benzene rings is 1. The summed E-state index contributed by atoms with van der Waals surface area (Å²) in [5.74, 6) is -1.88. The van der Waals surface area contributed by atoms with Crippen LogP contribution in [0.2, 0.25) is 0 Å². The lowest BCUT2D eigenvalue weighted by atomic mass is 9.82. The standard InChI is InChI=1S/C20H24O6/c1-6-24-17(22)20(18(23)25-7-2)12-16(19(4,5)26-13(3)21)14-10-8-9-11-15(14)20/h8-12H,6-7H2,1-5H3. The Morgan fingerprint density at radius 1 is 1.00 bits per heavy atom. The highest BCUT2D eigenvalue weighted by molar-refractivity contribution is 6.13. The van der Waals surface area contributed by atoms with Crippen molar-refractivity contribution in [3.8, 4) is 0 Å². The Kier molecular flexibility index (Phi) is 5.54. The molecule has 6 nitrogen and oxygen atoms in total. The molecule has 0 unspecified atom stereocenters. The van der Waals surface area contributed by atoms with E-state index < -0.39 is 28.9 Å². The van der Waals surface area contributed by atoms with Gasteiger partial charge in [-0.05, 0) is 44.9 Å². The van der Waals surface area contributed by atoms with Crippen molar-refractivity contribution in [2.45, 2.75) is 45.6 Å². The molecule has 0 atom stereocenters. The van der Waals surface area contributed by atoms with E-state index in [0.717, 1.165) is 0 Å². The quantitative estimate of drug-likeness (QED) is 0.441. The molecule has 0 aliphatic heterocycles. The highest BCUT2D eigenvalue weighted by atomic mass is 16.6. The van der Waals surface area contributed by atoms with Crippen LogP contribution in [0.1, 0.15) is 45.7 Å². The molecule has 1 aromatic rings. The third-order valence-electron chi connectivity index (χ3n) is 4.25. The van der Waals surface area contributed by atoms with Gasteiger partial charge in [-0.15, -0.1) is 0 Å². The Bertz CT molecular complexity index is 741. The molecule has 0 heterocycles. The first kappa shape index (κ1) is 19.7. The summed E-state index contributed by atoms with van der Waals surface area (Å²) in [5.41, 5.74) is -1.07. The third kappa shape index (κ3) is 3.23. The van der Waals surface area contributed by atoms with Crippen LogP contribution in [0.25, 0.3) is 5.57 Å². The van der Waals surface area contributed by atoms with Crippen molar-refractivity contribution < 1.29 is 28.6 Å². The molecule has 0 fully saturated rings. The number of rotatable bonds is 6. The summed E-state index contributed by atoms with van der Waals surface area (Å²) in [7, 11) is 0. The first-order valence-corrected chi connectivity index (χ1v) is 8.58. The molecule has 0 N–H and O–H groups in total. The lowest BCUT2D eigenvalue weighted by Gasteiger charge is -2.26. The maximum Gasteiger partial charge on any atom is 0.332 e. The lowest BCUT2D eigenvalue weighted by molar-refractivity contribution is -0.161. The predicted octanol–water partition coefficient (Wildman–Crippen LogP) is 2.79. The number of fused-ring (bicyclic) bond motifs is 1. The minimum absolute atomic E-state index is 0.124. The molecule has 1 aliphatic rings. The van der Waals surface area contributed by atoms with E-state index in [2.05, 4.69) is 0 Å². The van der Waals surface area contributed by atoms with Gasteiger partial charge < -0.3 is 14.2 Å². The smallest absolute Gasteiger partial charge is 0.332 e. The second kappa shape index (κ2) is 7.32. The van der Waals surface area contributed by atoms with Gasteiger partial charge in [0, 0.05) is 12.5 Å². The Labute approximate surface area is 153 Å². The summed E-state index contributed by atoms with van der Waals surface area (Å²) in [4.78, 5) is 37.3. The number of hydrogen-bond acceptors (Lipinski definition) is 6. The molecular formula is C20H24O6. The third-order valence-corrected chi connectivity index (χ3v) is 4.25. The molecule has 0 saturated heterocycles. The first-order chi connectivity index (χ1) is 12.2. The van der Waals surface area contributed by atoms with Gasteiger partial charge in [0.15, 0.2) is 0 Å². The van der Waals surface area contributed by atoms with Gasteiger partial charge in [-0.3, -0.25) is 14.4 Å². The molecule has 0 amide bonds. The van der Waals surface area contributed by atoms with Crippen LogP contribution in [-0.2, 0) is 34.0 Å². The fraction of sp³-hybridized carbons (Fsp3) is 0.450. The zero-order chi connectivity index (χ0) is 19.5. The topological polar surface area (TPSA) is 78.9 Å². The van der Waals surface area contributed by atoms with Gasteiger partial charge in [-0.25, -0.2) is 0 Å². The average molecular weight is 360 g/mol. The fourth-order valence-corrected chi connectivity index (χ4v) is 3.26. The van der Waals surface area contributed by atoms with Gasteiger partial charge in [0.1, 0.15) is 5.60 Å². The van der Waals surface area contributed by atoms with Crippen molar-refractivity contribution >= 4 is 23.5 Å². The maximum absolute atomic E-state index is 12.9. The molecule has 140 valence electrons. The van der Waals surface area contributed by atoms with Crippen molar-refractivity contribution in [1.29, 1.82) is 0 Å². The van der Waals surface area contributed by atoms with Crippen LogP contribution in [0.5, 0.6) is 0 Å². The van der Waals surface area contributed by atoms with E-state index in [-0.39, 0.29) is 13.2 Å². The molecule has 6 heteroatoms. The van der Waals surface area contributed by atoms with Crippen molar-refractivity contribution in [3.05, 3.63) is 41.5 Å². The highest BCUT2D eigenvalue weighted by Gasteiger charge is 2.55. The average Bonchev–Trinajstić information content (AvgIpc) is 2.91.